The first-order chi connectivity index (χ1) is 33.4. The summed E-state index contributed by atoms with van der Waals surface area (Å²) in [6, 6.07) is 23.0. The third kappa shape index (κ3) is 11.2. The van der Waals surface area contributed by atoms with Gasteiger partial charge in [0.05, 0.1) is 5.69 Å². The van der Waals surface area contributed by atoms with Gasteiger partial charge in [-0.1, -0.05) is 43.7 Å². The highest BCUT2D eigenvalue weighted by molar-refractivity contribution is 6.13. The molecule has 6 amide bonds. The zero-order valence-corrected chi connectivity index (χ0v) is 39.3. The predicted octanol–water partition coefficient (Wildman–Crippen LogP) is 6.68. The third-order valence-corrected chi connectivity index (χ3v) is 13.4. The Morgan fingerprint density at radius 1 is 0.841 bits per heavy atom. The minimum Gasteiger partial charge on any atom is -0.409 e. The number of hydrogen-bond acceptors (Lipinski definition) is 10. The van der Waals surface area contributed by atoms with Crippen LogP contribution in [-0.2, 0) is 25.6 Å². The summed E-state index contributed by atoms with van der Waals surface area (Å²) in [7, 11) is 2.03. The maximum absolute atomic E-state index is 14.4. The molecule has 1 fully saturated rings. The summed E-state index contributed by atoms with van der Waals surface area (Å²) < 4.78 is 6.09. The molecule has 3 aliphatic heterocycles. The molecule has 16 heteroatoms. The largest absolute Gasteiger partial charge is 0.415 e. The molecule has 4 heterocycles. The summed E-state index contributed by atoms with van der Waals surface area (Å²) in [6.45, 7) is 6.03. The van der Waals surface area contributed by atoms with Crippen LogP contribution in [0.4, 0.5) is 16.2 Å². The van der Waals surface area contributed by atoms with Crippen LogP contribution in [0, 0.1) is 0 Å². The van der Waals surface area contributed by atoms with Crippen molar-refractivity contribution in [3.63, 3.8) is 0 Å². The van der Waals surface area contributed by atoms with Crippen molar-refractivity contribution < 1.29 is 38.3 Å². The van der Waals surface area contributed by atoms with E-state index in [1.165, 1.54) is 17.1 Å². The fraction of sp³-hybridized carbons (Fsp3) is 0.377. The summed E-state index contributed by atoms with van der Waals surface area (Å²) in [4.78, 5) is 101. The molecule has 0 bridgehead atoms. The van der Waals surface area contributed by atoms with Gasteiger partial charge in [0.15, 0.2) is 5.78 Å². The molecule has 0 radical (unpaired) electrons. The Morgan fingerprint density at radius 2 is 1.58 bits per heavy atom. The van der Waals surface area contributed by atoms with E-state index < -0.39 is 12.1 Å². The Morgan fingerprint density at radius 3 is 2.30 bits per heavy atom. The van der Waals surface area contributed by atoms with Crippen LogP contribution in [0.2, 0.25) is 0 Å². The Balaban J connectivity index is 0.885. The highest BCUT2D eigenvalue weighted by atomic mass is 16.6. The number of benzene rings is 4. The normalized spacial score (nSPS) is 16.3. The number of ketones is 1. The number of aromatic amines is 1. The van der Waals surface area contributed by atoms with E-state index >= 15 is 0 Å². The van der Waals surface area contributed by atoms with Crippen LogP contribution in [-0.4, -0.2) is 120 Å². The van der Waals surface area contributed by atoms with Crippen molar-refractivity contribution >= 4 is 74.5 Å². The Bertz CT molecular complexity index is 2780. The number of Topliss-reactive ketones (excluding diaryl/α,β-unsaturated/α-hetero) is 1. The molecular weight excluding hydrogens is 877 g/mol. The molecule has 0 spiro atoms. The van der Waals surface area contributed by atoms with Gasteiger partial charge in [-0.3, -0.25) is 33.7 Å². The molecule has 1 saturated heterocycles. The zero-order chi connectivity index (χ0) is 48.6. The molecule has 69 heavy (non-hydrogen) atoms. The number of nitrogens with zero attached hydrogens (tertiary/aromatic N) is 4. The number of piperazine rings is 1. The molecule has 1 aromatic heterocycles. The van der Waals surface area contributed by atoms with Crippen molar-refractivity contribution in [3.05, 3.63) is 113 Å². The van der Waals surface area contributed by atoms with Gasteiger partial charge in [-0.05, 0) is 111 Å². The van der Waals surface area contributed by atoms with Crippen LogP contribution in [0.3, 0.4) is 0 Å². The number of hydrogen-bond donors (Lipinski definition) is 4. The van der Waals surface area contributed by atoms with Crippen molar-refractivity contribution in [2.45, 2.75) is 76.7 Å². The number of anilines is 2. The van der Waals surface area contributed by atoms with Crippen LogP contribution in [0.1, 0.15) is 96.2 Å². The van der Waals surface area contributed by atoms with E-state index in [1.54, 1.807) is 34.1 Å². The molecule has 16 nitrogen and oxygen atoms in total. The molecule has 8 rings (SSSR count). The van der Waals surface area contributed by atoms with Crippen LogP contribution in [0.25, 0.3) is 21.7 Å². The third-order valence-electron chi connectivity index (χ3n) is 13.4. The number of carbonyl (C=O) groups excluding carboxylic acids is 7. The molecular formula is C53H60N8O8. The predicted molar refractivity (Wildman–Crippen MR) is 264 cm³/mol. The number of nitrogens with one attached hydrogen (secondary N) is 3. The van der Waals surface area contributed by atoms with E-state index in [0.717, 1.165) is 58.0 Å². The van der Waals surface area contributed by atoms with Gasteiger partial charge in [-0.25, -0.2) is 4.79 Å². The second-order valence-electron chi connectivity index (χ2n) is 18.2. The van der Waals surface area contributed by atoms with Crippen LogP contribution in [0.5, 0.6) is 5.75 Å². The Hall–Kier alpha value is -7.17. The highest BCUT2D eigenvalue weighted by Crippen LogP contribution is 2.47. The van der Waals surface area contributed by atoms with Gasteiger partial charge < -0.3 is 40.8 Å². The molecule has 3 aliphatic rings. The van der Waals surface area contributed by atoms with Crippen LogP contribution < -0.4 is 26.0 Å². The standard InChI is InChI=1S/C53H60N8O8/c1-3-35-33-61(44-32-46(39-11-6-7-12-40(39)50(35)44)69-53(68)59-27-25-58(2)26-28-59)52(67)43-31-37-29-34(15-20-41(37)56-43)30-45(62)36-16-18-38(19-17-36)55-51(66)42(13-8-9-23-54)57-47(63)14-5-4-10-24-60-48(64)21-22-49(60)65/h6-7,11-12,15-22,29,31-32,35,42,56H,3-5,8-10,13-14,23-28,30,33,54H2,1-2H3,(H,55,66)(H,57,63)/t35-,42+/m1/s1. The van der Waals surface area contributed by atoms with Gasteiger partial charge in [0.25, 0.3) is 17.7 Å². The number of ether oxygens (including phenoxy) is 1. The SMILES string of the molecule is CC[C@@H]1CN(C(=O)c2cc3cc(CC(=O)c4ccc(NC(=O)[C@H](CCCCN)NC(=O)CCCCCN5C(=O)C=CC5=O)cc4)ccc3[nH]2)c2cc(OC(=O)N3CCN(C)CC3)c3ccccc3c21. The van der Waals surface area contributed by atoms with Crippen molar-refractivity contribution in [2.75, 3.05) is 63.1 Å². The summed E-state index contributed by atoms with van der Waals surface area (Å²) in [5.74, 6) is -1.13. The van der Waals surface area contributed by atoms with Gasteiger partial charge in [0.1, 0.15) is 17.5 Å². The van der Waals surface area contributed by atoms with E-state index in [9.17, 15) is 33.6 Å². The number of carbonyl (C=O) groups is 7. The first-order valence-electron chi connectivity index (χ1n) is 24.0. The molecule has 5 N–H and O–H groups in total. The fourth-order valence-electron chi connectivity index (χ4n) is 9.39. The number of rotatable bonds is 19. The number of likely N-dealkylation sites (N-methyl/N-ethyl adjacent to an activating group) is 1. The van der Waals surface area contributed by atoms with E-state index in [-0.39, 0.29) is 54.1 Å². The molecule has 0 aliphatic carbocycles. The van der Waals surface area contributed by atoms with Gasteiger partial charge >= 0.3 is 6.09 Å². The van der Waals surface area contributed by atoms with Crippen LogP contribution in [0.15, 0.2) is 91.0 Å². The van der Waals surface area contributed by atoms with Crippen molar-refractivity contribution in [2.24, 2.45) is 5.73 Å². The molecule has 4 aromatic carbocycles. The summed E-state index contributed by atoms with van der Waals surface area (Å²) in [5, 5.41) is 8.30. The lowest BCUT2D eigenvalue weighted by Crippen LogP contribution is -2.48. The van der Waals surface area contributed by atoms with Gasteiger partial charge in [-0.15, -0.1) is 0 Å². The maximum Gasteiger partial charge on any atom is 0.415 e. The van der Waals surface area contributed by atoms with Gasteiger partial charge in [-0.2, -0.15) is 0 Å². The van der Waals surface area contributed by atoms with E-state index in [1.807, 2.05) is 61.6 Å². The Labute approximate surface area is 401 Å². The minimum atomic E-state index is -0.785. The number of aromatic nitrogens is 1. The van der Waals surface area contributed by atoms with Crippen molar-refractivity contribution in [3.8, 4) is 5.75 Å². The summed E-state index contributed by atoms with van der Waals surface area (Å²) in [5.41, 5.74) is 10.3. The van der Waals surface area contributed by atoms with Gasteiger partial charge in [0.2, 0.25) is 11.8 Å². The minimum absolute atomic E-state index is 0.0843. The average Bonchev–Trinajstić information content (AvgIpc) is 4.05. The van der Waals surface area contributed by atoms with Crippen LogP contribution >= 0.6 is 0 Å². The fourth-order valence-corrected chi connectivity index (χ4v) is 9.39. The molecule has 360 valence electrons. The topological polar surface area (TPSA) is 208 Å². The van der Waals surface area contributed by atoms with Gasteiger partial charge in [0, 0.05) is 104 Å². The lowest BCUT2D eigenvalue weighted by molar-refractivity contribution is -0.137. The first-order valence-corrected chi connectivity index (χ1v) is 24.0. The maximum atomic E-state index is 14.4. The number of imide groups is 1. The second kappa shape index (κ2) is 21.8. The van der Waals surface area contributed by atoms with E-state index in [2.05, 4.69) is 27.4 Å². The number of H-pyrrole nitrogens is 1. The van der Waals surface area contributed by atoms with E-state index in [0.29, 0.717) is 93.9 Å². The number of amides is 6. The van der Waals surface area contributed by atoms with Crippen molar-refractivity contribution in [1.29, 1.82) is 0 Å². The lowest BCUT2D eigenvalue weighted by atomic mass is 9.93. The smallest absolute Gasteiger partial charge is 0.409 e. The molecule has 0 unspecified atom stereocenters. The zero-order valence-electron chi connectivity index (χ0n) is 39.3. The second-order valence-corrected chi connectivity index (χ2v) is 18.2. The molecule has 0 saturated carbocycles. The Kier molecular flexibility index (Phi) is 15.3. The summed E-state index contributed by atoms with van der Waals surface area (Å²) >= 11 is 0. The number of unbranched alkanes of at least 4 members (excludes halogenated alkanes) is 3. The number of nitrogens with two attached hydrogens (primary N) is 1. The first kappa shape index (κ1) is 48.3. The monoisotopic (exact) mass is 936 g/mol. The average molecular weight is 937 g/mol. The van der Waals surface area contributed by atoms with E-state index in [4.69, 9.17) is 10.5 Å². The summed E-state index contributed by atoms with van der Waals surface area (Å²) in [6.07, 6.45) is 6.70. The molecule has 5 aromatic rings. The lowest BCUT2D eigenvalue weighted by Gasteiger charge is -2.31. The number of fused-ring (bicyclic) bond motifs is 4. The molecule has 2 atom stereocenters. The van der Waals surface area contributed by atoms with Crippen molar-refractivity contribution in [1.82, 2.24) is 25.0 Å². The highest BCUT2D eigenvalue weighted by Gasteiger charge is 2.36. The quantitative estimate of drug-likeness (QED) is 0.0392.